The van der Waals surface area contributed by atoms with Gasteiger partial charge in [0.05, 0.1) is 17.9 Å². The van der Waals surface area contributed by atoms with Gasteiger partial charge in [0, 0.05) is 35.5 Å². The second kappa shape index (κ2) is 4.75. The number of carbonyl (C=O) groups excluding carboxylic acids is 2. The zero-order valence-electron chi connectivity index (χ0n) is 14.0. The molecule has 5 rings (SSSR count). The molecule has 1 saturated carbocycles. The van der Waals surface area contributed by atoms with Gasteiger partial charge in [-0.15, -0.1) is 0 Å². The first-order valence-electron chi connectivity index (χ1n) is 8.88. The van der Waals surface area contributed by atoms with Crippen LogP contribution in [0.3, 0.4) is 0 Å². The molecule has 6 nitrogen and oxygen atoms in total. The highest BCUT2D eigenvalue weighted by molar-refractivity contribution is 5.94. The predicted octanol–water partition coefficient (Wildman–Crippen LogP) is 2.64. The molecule has 4 aliphatic rings. The van der Waals surface area contributed by atoms with Crippen molar-refractivity contribution < 1.29 is 28.6 Å². The third-order valence-corrected chi connectivity index (χ3v) is 6.67. The zero-order valence-corrected chi connectivity index (χ0v) is 14.0. The average molecular weight is 344 g/mol. The van der Waals surface area contributed by atoms with Crippen LogP contribution in [-0.2, 0) is 19.1 Å². The van der Waals surface area contributed by atoms with E-state index in [4.69, 9.17) is 13.9 Å². The molecule has 3 heterocycles. The quantitative estimate of drug-likeness (QED) is 0.788. The van der Waals surface area contributed by atoms with Crippen molar-refractivity contribution in [1.82, 2.24) is 0 Å². The first-order valence-corrected chi connectivity index (χ1v) is 8.88. The van der Waals surface area contributed by atoms with Crippen LogP contribution >= 0.6 is 0 Å². The van der Waals surface area contributed by atoms with Crippen LogP contribution in [0.25, 0.3) is 0 Å². The number of hydrogen-bond donors (Lipinski definition) is 1. The number of furan rings is 1. The molecule has 2 aliphatic carbocycles. The van der Waals surface area contributed by atoms with Crippen molar-refractivity contribution in [3.63, 3.8) is 0 Å². The number of esters is 2. The maximum Gasteiger partial charge on any atom is 0.336 e. The normalized spacial score (nSPS) is 42.6. The minimum Gasteiger partial charge on any atom is -0.472 e. The van der Waals surface area contributed by atoms with Crippen molar-refractivity contribution in [2.45, 2.75) is 50.9 Å². The van der Waals surface area contributed by atoms with Gasteiger partial charge in [0.1, 0.15) is 6.10 Å². The third-order valence-electron chi connectivity index (χ3n) is 6.67. The summed E-state index contributed by atoms with van der Waals surface area (Å²) in [6.07, 6.45) is 5.79. The molecule has 1 spiro atoms. The predicted molar refractivity (Wildman–Crippen MR) is 83.8 cm³/mol. The van der Waals surface area contributed by atoms with E-state index in [9.17, 15) is 14.7 Å². The Kier molecular flexibility index (Phi) is 2.89. The lowest BCUT2D eigenvalue weighted by molar-refractivity contribution is -0.205. The van der Waals surface area contributed by atoms with Gasteiger partial charge in [0.25, 0.3) is 0 Å². The van der Waals surface area contributed by atoms with E-state index in [0.717, 1.165) is 18.4 Å². The lowest BCUT2D eigenvalue weighted by Gasteiger charge is -2.49. The number of hydrogen-bond acceptors (Lipinski definition) is 6. The van der Waals surface area contributed by atoms with Crippen LogP contribution in [0.1, 0.15) is 50.7 Å². The van der Waals surface area contributed by atoms with Crippen molar-refractivity contribution in [3.05, 3.63) is 35.3 Å². The van der Waals surface area contributed by atoms with Gasteiger partial charge in [-0.3, -0.25) is 4.79 Å². The second-order valence-corrected chi connectivity index (χ2v) is 7.81. The van der Waals surface area contributed by atoms with Crippen molar-refractivity contribution in [1.29, 1.82) is 0 Å². The van der Waals surface area contributed by atoms with Gasteiger partial charge in [0.2, 0.25) is 5.79 Å². The lowest BCUT2D eigenvalue weighted by Crippen LogP contribution is -2.54. The van der Waals surface area contributed by atoms with E-state index in [1.54, 1.807) is 12.5 Å². The Morgan fingerprint density at radius 3 is 2.88 bits per heavy atom. The number of cyclic esters (lactones) is 1. The van der Waals surface area contributed by atoms with E-state index in [1.807, 2.05) is 13.0 Å². The third kappa shape index (κ3) is 1.78. The van der Waals surface area contributed by atoms with Gasteiger partial charge in [0.15, 0.2) is 0 Å². The molecule has 0 radical (unpaired) electrons. The Morgan fingerprint density at radius 1 is 1.28 bits per heavy atom. The highest BCUT2D eigenvalue weighted by Gasteiger charge is 2.68. The lowest BCUT2D eigenvalue weighted by atomic mass is 9.53. The fraction of sp³-hybridized carbons (Fsp3) is 0.579. The molecule has 1 saturated heterocycles. The second-order valence-electron chi connectivity index (χ2n) is 7.81. The number of carbonyl (C=O) groups is 2. The Morgan fingerprint density at radius 2 is 2.12 bits per heavy atom. The summed E-state index contributed by atoms with van der Waals surface area (Å²) in [5, 5.41) is 11.0. The number of rotatable bonds is 1. The molecule has 0 amide bonds. The van der Waals surface area contributed by atoms with Gasteiger partial charge >= 0.3 is 11.9 Å². The standard InChI is InChI=1S/C19H20O6/c1-10-7-19(22)15-12(16(20)25-19)3-2-4-13(15)18(10)8-14(24-17(18)21)11-5-6-23-9-11/h5-6,9-10,13-14,22H,2-4,7-8H2,1H3. The molecular weight excluding hydrogens is 324 g/mol. The van der Waals surface area contributed by atoms with Gasteiger partial charge < -0.3 is 19.0 Å². The summed E-state index contributed by atoms with van der Waals surface area (Å²) in [5.74, 6) is -2.56. The molecule has 0 aromatic carbocycles. The van der Waals surface area contributed by atoms with Gasteiger partial charge in [-0.2, -0.15) is 0 Å². The van der Waals surface area contributed by atoms with Crippen LogP contribution in [0.15, 0.2) is 34.2 Å². The SMILES string of the molecule is CC1CC2(O)OC(=O)C3=C2C(CCC3)C12CC(c1ccoc1)OC2=O. The number of fused-ring (bicyclic) bond motifs is 1. The summed E-state index contributed by atoms with van der Waals surface area (Å²) in [4.78, 5) is 25.3. The van der Waals surface area contributed by atoms with Gasteiger partial charge in [-0.1, -0.05) is 6.92 Å². The molecule has 1 N–H and O–H groups in total. The van der Waals surface area contributed by atoms with E-state index < -0.39 is 17.2 Å². The minimum absolute atomic E-state index is 0.152. The maximum atomic E-state index is 13.1. The van der Waals surface area contributed by atoms with Crippen molar-refractivity contribution in [3.8, 4) is 0 Å². The van der Waals surface area contributed by atoms with Crippen molar-refractivity contribution >= 4 is 11.9 Å². The van der Waals surface area contributed by atoms with E-state index in [1.165, 1.54) is 0 Å². The Balaban J connectivity index is 1.62. The van der Waals surface area contributed by atoms with E-state index >= 15 is 0 Å². The molecule has 25 heavy (non-hydrogen) atoms. The number of ether oxygens (including phenoxy) is 2. The fourth-order valence-electron chi connectivity index (χ4n) is 5.57. The van der Waals surface area contributed by atoms with Crippen molar-refractivity contribution in [2.75, 3.05) is 0 Å². The molecule has 5 unspecified atom stereocenters. The molecule has 5 atom stereocenters. The zero-order chi connectivity index (χ0) is 17.4. The maximum absolute atomic E-state index is 13.1. The monoisotopic (exact) mass is 344 g/mol. The topological polar surface area (TPSA) is 86.0 Å². The molecule has 0 bridgehead atoms. The summed E-state index contributed by atoms with van der Waals surface area (Å²) in [7, 11) is 0. The van der Waals surface area contributed by atoms with Crippen LogP contribution in [0, 0.1) is 17.3 Å². The molecule has 6 heteroatoms. The van der Waals surface area contributed by atoms with Crippen LogP contribution in [0.2, 0.25) is 0 Å². The summed E-state index contributed by atoms with van der Waals surface area (Å²) in [5.41, 5.74) is 1.35. The molecule has 1 aromatic rings. The molecular formula is C19H20O6. The first kappa shape index (κ1) is 15.2. The van der Waals surface area contributed by atoms with Crippen LogP contribution < -0.4 is 0 Å². The smallest absolute Gasteiger partial charge is 0.336 e. The molecule has 1 aromatic heterocycles. The Hall–Kier alpha value is -2.08. The summed E-state index contributed by atoms with van der Waals surface area (Å²) < 4.78 is 16.2. The van der Waals surface area contributed by atoms with E-state index in [2.05, 4.69) is 0 Å². The largest absolute Gasteiger partial charge is 0.472 e. The highest BCUT2D eigenvalue weighted by Crippen LogP contribution is 2.64. The fourth-order valence-corrected chi connectivity index (χ4v) is 5.57. The minimum atomic E-state index is -1.55. The molecule has 132 valence electrons. The average Bonchev–Trinajstić information content (AvgIpc) is 3.25. The van der Waals surface area contributed by atoms with E-state index in [0.29, 0.717) is 24.0 Å². The summed E-state index contributed by atoms with van der Waals surface area (Å²) in [6.45, 7) is 1.95. The van der Waals surface area contributed by atoms with Crippen LogP contribution in [-0.4, -0.2) is 22.8 Å². The van der Waals surface area contributed by atoms with Gasteiger partial charge in [-0.05, 0) is 31.2 Å². The van der Waals surface area contributed by atoms with Crippen LogP contribution in [0.4, 0.5) is 0 Å². The molecule has 2 fully saturated rings. The van der Waals surface area contributed by atoms with E-state index in [-0.39, 0.29) is 30.3 Å². The summed E-state index contributed by atoms with van der Waals surface area (Å²) >= 11 is 0. The summed E-state index contributed by atoms with van der Waals surface area (Å²) in [6, 6.07) is 1.81. The molecule has 2 aliphatic heterocycles. The Labute approximate surface area is 144 Å². The first-order chi connectivity index (χ1) is 12.0. The number of aliphatic hydroxyl groups is 1. The van der Waals surface area contributed by atoms with Gasteiger partial charge in [-0.25, -0.2) is 4.79 Å². The highest BCUT2D eigenvalue weighted by atomic mass is 16.7. The van der Waals surface area contributed by atoms with Crippen molar-refractivity contribution in [2.24, 2.45) is 17.3 Å². The van der Waals surface area contributed by atoms with Crippen LogP contribution in [0.5, 0.6) is 0 Å². The Bertz CT molecular complexity index is 793.